The van der Waals surface area contributed by atoms with Crippen LogP contribution >= 0.6 is 0 Å². The Labute approximate surface area is 127 Å². The molecule has 0 saturated heterocycles. The van der Waals surface area contributed by atoms with Crippen molar-refractivity contribution in [3.8, 4) is 5.75 Å². The van der Waals surface area contributed by atoms with Gasteiger partial charge in [0.2, 0.25) is 0 Å². The molecule has 0 aliphatic heterocycles. The van der Waals surface area contributed by atoms with Gasteiger partial charge in [-0.2, -0.15) is 0 Å². The highest BCUT2D eigenvalue weighted by molar-refractivity contribution is 5.93. The van der Waals surface area contributed by atoms with Gasteiger partial charge in [-0.1, -0.05) is 17.3 Å². The van der Waals surface area contributed by atoms with Crippen LogP contribution in [0.1, 0.15) is 27.6 Å². The molecule has 0 spiro atoms. The third-order valence-electron chi connectivity index (χ3n) is 2.89. The summed E-state index contributed by atoms with van der Waals surface area (Å²) in [6, 6.07) is 8.84. The number of rotatable bonds is 5. The molecule has 1 aromatic heterocycles. The zero-order valence-electron chi connectivity index (χ0n) is 12.3. The summed E-state index contributed by atoms with van der Waals surface area (Å²) in [6.45, 7) is 2.03. The van der Waals surface area contributed by atoms with E-state index in [2.05, 4.69) is 20.4 Å². The lowest BCUT2D eigenvalue weighted by Crippen LogP contribution is -2.24. The van der Waals surface area contributed by atoms with E-state index >= 15 is 0 Å². The summed E-state index contributed by atoms with van der Waals surface area (Å²) >= 11 is 0. The molecular formula is C15H16N4O3. The van der Waals surface area contributed by atoms with Crippen LogP contribution in [-0.4, -0.2) is 34.4 Å². The molecule has 0 atom stereocenters. The maximum Gasteiger partial charge on any atom is 0.270 e. The van der Waals surface area contributed by atoms with E-state index in [0.717, 1.165) is 17.5 Å². The molecule has 22 heavy (non-hydrogen) atoms. The van der Waals surface area contributed by atoms with Gasteiger partial charge in [0, 0.05) is 6.54 Å². The average Bonchev–Trinajstić information content (AvgIpc) is 2.53. The lowest BCUT2D eigenvalue weighted by atomic mass is 10.2. The second-order valence-electron chi connectivity index (χ2n) is 4.50. The molecule has 1 amide bonds. The van der Waals surface area contributed by atoms with Crippen molar-refractivity contribution in [3.05, 3.63) is 53.1 Å². The third kappa shape index (κ3) is 4.02. The van der Waals surface area contributed by atoms with Crippen LogP contribution in [0.2, 0.25) is 0 Å². The second kappa shape index (κ2) is 7.16. The lowest BCUT2D eigenvalue weighted by molar-refractivity contribution is 0.0945. The Morgan fingerprint density at radius 1 is 1.36 bits per heavy atom. The van der Waals surface area contributed by atoms with Crippen LogP contribution in [0, 0.1) is 6.92 Å². The number of nitrogens with zero attached hydrogens (tertiary/aromatic N) is 3. The Morgan fingerprint density at radius 2 is 2.09 bits per heavy atom. The van der Waals surface area contributed by atoms with Gasteiger partial charge in [-0.05, 0) is 30.7 Å². The van der Waals surface area contributed by atoms with Crippen molar-refractivity contribution >= 4 is 12.1 Å². The molecule has 0 unspecified atom stereocenters. The summed E-state index contributed by atoms with van der Waals surface area (Å²) in [7, 11) is 1.60. The summed E-state index contributed by atoms with van der Waals surface area (Å²) in [5.74, 6) is 0.857. The van der Waals surface area contributed by atoms with Crippen molar-refractivity contribution in [1.82, 2.24) is 15.3 Å². The molecule has 2 rings (SSSR count). The number of benzene rings is 1. The Bertz CT molecular complexity index is 684. The maximum atomic E-state index is 12.1. The fraction of sp³-hybridized carbons (Fsp3) is 0.200. The quantitative estimate of drug-likeness (QED) is 0.496. The first-order valence-corrected chi connectivity index (χ1v) is 6.56. The van der Waals surface area contributed by atoms with Crippen LogP contribution in [0.5, 0.6) is 5.75 Å². The van der Waals surface area contributed by atoms with Gasteiger partial charge in [-0.25, -0.2) is 9.97 Å². The number of hydrogen-bond donors (Lipinski definition) is 2. The number of carbonyl (C=O) groups excluding carboxylic acids is 1. The predicted molar refractivity (Wildman–Crippen MR) is 80.3 cm³/mol. The molecule has 1 heterocycles. The molecule has 0 saturated carbocycles. The number of amides is 1. The Balaban J connectivity index is 2.05. The number of aromatic nitrogens is 2. The highest BCUT2D eigenvalue weighted by Crippen LogP contribution is 2.11. The summed E-state index contributed by atoms with van der Waals surface area (Å²) < 4.78 is 5.08. The van der Waals surface area contributed by atoms with E-state index in [1.54, 1.807) is 14.0 Å². The fourth-order valence-electron chi connectivity index (χ4n) is 1.85. The molecule has 114 valence electrons. The number of methoxy groups -OCH3 is 1. The van der Waals surface area contributed by atoms with Gasteiger partial charge in [0.1, 0.15) is 17.3 Å². The van der Waals surface area contributed by atoms with Gasteiger partial charge in [0.05, 0.1) is 19.0 Å². The molecule has 0 aliphatic rings. The predicted octanol–water partition coefficient (Wildman–Crippen LogP) is 1.53. The molecule has 7 nitrogen and oxygen atoms in total. The molecule has 2 aromatic rings. The number of ether oxygens (including phenoxy) is 1. The van der Waals surface area contributed by atoms with E-state index in [1.165, 1.54) is 6.07 Å². The van der Waals surface area contributed by atoms with Gasteiger partial charge in [-0.3, -0.25) is 4.79 Å². The van der Waals surface area contributed by atoms with Crippen LogP contribution in [0.15, 0.2) is 35.5 Å². The standard InChI is InChI=1S/C15H16N4O3/c1-10-18-12(9-17-21)7-14(19-10)15(20)16-8-11-3-5-13(22-2)6-4-11/h3-7,9,21H,8H2,1-2H3,(H,16,20)/b17-9-. The SMILES string of the molecule is COc1ccc(CNC(=O)c2cc(/C=N\O)nc(C)n2)cc1. The molecule has 0 fully saturated rings. The van der Waals surface area contributed by atoms with Crippen LogP contribution in [0.4, 0.5) is 0 Å². The highest BCUT2D eigenvalue weighted by atomic mass is 16.5. The zero-order valence-corrected chi connectivity index (χ0v) is 12.3. The molecular weight excluding hydrogens is 284 g/mol. The Morgan fingerprint density at radius 3 is 2.73 bits per heavy atom. The highest BCUT2D eigenvalue weighted by Gasteiger charge is 2.09. The number of carbonyl (C=O) groups is 1. The molecule has 2 N–H and O–H groups in total. The monoisotopic (exact) mass is 300 g/mol. The molecule has 1 aromatic carbocycles. The van der Waals surface area contributed by atoms with Crippen LogP contribution in [-0.2, 0) is 6.54 Å². The number of aryl methyl sites for hydroxylation is 1. The summed E-state index contributed by atoms with van der Waals surface area (Å²) in [5.41, 5.74) is 1.53. The number of hydrogen-bond acceptors (Lipinski definition) is 6. The van der Waals surface area contributed by atoms with E-state index in [9.17, 15) is 4.79 Å². The second-order valence-corrected chi connectivity index (χ2v) is 4.50. The first-order chi connectivity index (χ1) is 10.6. The minimum Gasteiger partial charge on any atom is -0.497 e. The number of nitrogens with one attached hydrogen (secondary N) is 1. The molecule has 7 heteroatoms. The largest absolute Gasteiger partial charge is 0.497 e. The minimum atomic E-state index is -0.325. The summed E-state index contributed by atoms with van der Waals surface area (Å²) in [5, 5.41) is 14.2. The van der Waals surface area contributed by atoms with E-state index in [4.69, 9.17) is 9.94 Å². The minimum absolute atomic E-state index is 0.218. The van der Waals surface area contributed by atoms with Crippen molar-refractivity contribution in [2.45, 2.75) is 13.5 Å². The van der Waals surface area contributed by atoms with Crippen LogP contribution in [0.25, 0.3) is 0 Å². The Kier molecular flexibility index (Phi) is 5.02. The van der Waals surface area contributed by atoms with Crippen molar-refractivity contribution in [3.63, 3.8) is 0 Å². The van der Waals surface area contributed by atoms with Gasteiger partial charge in [-0.15, -0.1) is 0 Å². The number of oxime groups is 1. The molecule has 0 radical (unpaired) electrons. The zero-order chi connectivity index (χ0) is 15.9. The lowest BCUT2D eigenvalue weighted by Gasteiger charge is -2.07. The first kappa shape index (κ1) is 15.4. The van der Waals surface area contributed by atoms with Gasteiger partial charge in [0.25, 0.3) is 5.91 Å². The van der Waals surface area contributed by atoms with Gasteiger partial charge < -0.3 is 15.3 Å². The molecule has 0 bridgehead atoms. The van der Waals surface area contributed by atoms with Crippen molar-refractivity contribution in [2.75, 3.05) is 7.11 Å². The third-order valence-corrected chi connectivity index (χ3v) is 2.89. The Hall–Kier alpha value is -2.96. The van der Waals surface area contributed by atoms with Crippen LogP contribution in [0.3, 0.4) is 0 Å². The van der Waals surface area contributed by atoms with E-state index < -0.39 is 0 Å². The van der Waals surface area contributed by atoms with Crippen LogP contribution < -0.4 is 10.1 Å². The van der Waals surface area contributed by atoms with Gasteiger partial charge in [0.15, 0.2) is 0 Å². The summed E-state index contributed by atoms with van der Waals surface area (Å²) in [4.78, 5) is 20.2. The topological polar surface area (TPSA) is 96.7 Å². The van der Waals surface area contributed by atoms with Gasteiger partial charge >= 0.3 is 0 Å². The maximum absolute atomic E-state index is 12.1. The fourth-order valence-corrected chi connectivity index (χ4v) is 1.85. The van der Waals surface area contributed by atoms with Crippen molar-refractivity contribution in [2.24, 2.45) is 5.16 Å². The normalized spacial score (nSPS) is 10.6. The smallest absolute Gasteiger partial charge is 0.270 e. The first-order valence-electron chi connectivity index (χ1n) is 6.56. The van der Waals surface area contributed by atoms with E-state index in [0.29, 0.717) is 18.1 Å². The van der Waals surface area contributed by atoms with Crippen molar-refractivity contribution in [1.29, 1.82) is 0 Å². The van der Waals surface area contributed by atoms with E-state index in [1.807, 2.05) is 24.3 Å². The average molecular weight is 300 g/mol. The summed E-state index contributed by atoms with van der Waals surface area (Å²) in [6.07, 6.45) is 1.15. The molecule has 0 aliphatic carbocycles. The van der Waals surface area contributed by atoms with E-state index in [-0.39, 0.29) is 11.6 Å². The van der Waals surface area contributed by atoms with Crippen molar-refractivity contribution < 1.29 is 14.7 Å².